The minimum atomic E-state index is -0.609. The lowest BCUT2D eigenvalue weighted by molar-refractivity contribution is -0.127. The van der Waals surface area contributed by atoms with Gasteiger partial charge in [-0.3, -0.25) is 9.59 Å². The first kappa shape index (κ1) is 21.8. The molecule has 2 aromatic rings. The fourth-order valence-electron chi connectivity index (χ4n) is 2.61. The van der Waals surface area contributed by atoms with E-state index >= 15 is 0 Å². The summed E-state index contributed by atoms with van der Waals surface area (Å²) in [6.45, 7) is 4.08. The summed E-state index contributed by atoms with van der Waals surface area (Å²) in [6, 6.07) is 16.3. The van der Waals surface area contributed by atoms with Gasteiger partial charge in [0.25, 0.3) is 5.91 Å². The number of carbonyl (C=O) groups is 2. The van der Waals surface area contributed by atoms with Gasteiger partial charge in [0, 0.05) is 5.69 Å². The highest BCUT2D eigenvalue weighted by atomic mass is 32.2. The number of anilines is 1. The smallest absolute Gasteiger partial charge is 0.258 e. The lowest BCUT2D eigenvalue weighted by Crippen LogP contribution is -2.45. The first-order chi connectivity index (χ1) is 13.5. The van der Waals surface area contributed by atoms with E-state index in [0.29, 0.717) is 18.1 Å². The fraction of sp³-hybridized carbons (Fsp3) is 0.364. The predicted molar refractivity (Wildman–Crippen MR) is 116 cm³/mol. The standard InChI is InChI=1S/C22H28N2O3S/c1-16(2)17-8-7-9-18(14-17)23-22(26)20(12-13-28-3)24-21(25)15-27-19-10-5-4-6-11-19/h4-11,14,16,20H,12-13,15H2,1-3H3,(H,23,26)(H,24,25). The molecule has 0 aliphatic rings. The van der Waals surface area contributed by atoms with Crippen molar-refractivity contribution in [3.63, 3.8) is 0 Å². The third-order valence-corrected chi connectivity index (χ3v) is 4.84. The molecule has 0 aliphatic heterocycles. The van der Waals surface area contributed by atoms with Crippen LogP contribution >= 0.6 is 11.8 Å². The molecule has 0 saturated heterocycles. The average molecular weight is 401 g/mol. The Bertz CT molecular complexity index is 765. The molecule has 0 radical (unpaired) electrons. The van der Waals surface area contributed by atoms with E-state index in [4.69, 9.17) is 4.74 Å². The minimum absolute atomic E-state index is 0.129. The van der Waals surface area contributed by atoms with Crippen LogP contribution in [0.3, 0.4) is 0 Å². The second-order valence-electron chi connectivity index (χ2n) is 6.77. The zero-order valence-electron chi connectivity index (χ0n) is 16.6. The maximum absolute atomic E-state index is 12.7. The van der Waals surface area contributed by atoms with Crippen molar-refractivity contribution in [3.05, 3.63) is 60.2 Å². The molecule has 0 aliphatic carbocycles. The Labute approximate surface area is 171 Å². The Balaban J connectivity index is 1.96. The molecule has 2 aromatic carbocycles. The van der Waals surface area contributed by atoms with Crippen molar-refractivity contribution >= 4 is 29.3 Å². The fourth-order valence-corrected chi connectivity index (χ4v) is 3.08. The molecule has 6 heteroatoms. The number of amides is 2. The number of para-hydroxylation sites is 1. The maximum atomic E-state index is 12.7. The van der Waals surface area contributed by atoms with Gasteiger partial charge in [-0.05, 0) is 54.2 Å². The Morgan fingerprint density at radius 1 is 1.07 bits per heavy atom. The molecule has 0 saturated carbocycles. The van der Waals surface area contributed by atoms with E-state index in [2.05, 4.69) is 24.5 Å². The summed E-state index contributed by atoms with van der Waals surface area (Å²) in [6.07, 6.45) is 2.52. The second kappa shape index (κ2) is 11.4. The van der Waals surface area contributed by atoms with Crippen molar-refractivity contribution in [1.29, 1.82) is 0 Å². The molecule has 0 aromatic heterocycles. The Kier molecular flexibility index (Phi) is 8.88. The van der Waals surface area contributed by atoms with Crippen molar-refractivity contribution in [2.24, 2.45) is 0 Å². The molecular formula is C22H28N2O3S. The van der Waals surface area contributed by atoms with Crippen LogP contribution in [0.1, 0.15) is 31.7 Å². The summed E-state index contributed by atoms with van der Waals surface area (Å²) in [7, 11) is 0. The van der Waals surface area contributed by atoms with Crippen molar-refractivity contribution in [2.75, 3.05) is 23.9 Å². The molecule has 0 fully saturated rings. The Morgan fingerprint density at radius 3 is 2.50 bits per heavy atom. The normalized spacial score (nSPS) is 11.7. The minimum Gasteiger partial charge on any atom is -0.484 e. The number of hydrogen-bond donors (Lipinski definition) is 2. The van der Waals surface area contributed by atoms with Gasteiger partial charge in [0.05, 0.1) is 0 Å². The van der Waals surface area contributed by atoms with Crippen LogP contribution in [0, 0.1) is 0 Å². The van der Waals surface area contributed by atoms with Gasteiger partial charge < -0.3 is 15.4 Å². The van der Waals surface area contributed by atoms with Crippen LogP contribution in [0.2, 0.25) is 0 Å². The number of thioether (sulfide) groups is 1. The highest BCUT2D eigenvalue weighted by molar-refractivity contribution is 7.98. The first-order valence-electron chi connectivity index (χ1n) is 9.36. The van der Waals surface area contributed by atoms with Gasteiger partial charge in [-0.2, -0.15) is 11.8 Å². The summed E-state index contributed by atoms with van der Waals surface area (Å²) < 4.78 is 5.46. The van der Waals surface area contributed by atoms with Crippen LogP contribution in [-0.2, 0) is 9.59 Å². The lowest BCUT2D eigenvalue weighted by atomic mass is 10.0. The van der Waals surface area contributed by atoms with Gasteiger partial charge >= 0.3 is 0 Å². The van der Waals surface area contributed by atoms with E-state index in [1.165, 1.54) is 0 Å². The van der Waals surface area contributed by atoms with Crippen LogP contribution in [-0.4, -0.2) is 36.5 Å². The molecule has 0 bridgehead atoms. The molecule has 1 atom stereocenters. The topological polar surface area (TPSA) is 67.4 Å². The summed E-state index contributed by atoms with van der Waals surface area (Å²) in [5, 5.41) is 5.71. The van der Waals surface area contributed by atoms with Crippen LogP contribution in [0.15, 0.2) is 54.6 Å². The van der Waals surface area contributed by atoms with E-state index in [1.54, 1.807) is 23.9 Å². The molecule has 1 unspecified atom stereocenters. The predicted octanol–water partition coefficient (Wildman–Crippen LogP) is 4.07. The third kappa shape index (κ3) is 7.27. The lowest BCUT2D eigenvalue weighted by Gasteiger charge is -2.19. The van der Waals surface area contributed by atoms with Crippen molar-refractivity contribution in [1.82, 2.24) is 5.32 Å². The second-order valence-corrected chi connectivity index (χ2v) is 7.76. The monoisotopic (exact) mass is 400 g/mol. The van der Waals surface area contributed by atoms with Crippen LogP contribution in [0.5, 0.6) is 5.75 Å². The molecule has 2 rings (SSSR count). The quantitative estimate of drug-likeness (QED) is 0.631. The van der Waals surface area contributed by atoms with Gasteiger partial charge in [0.15, 0.2) is 6.61 Å². The van der Waals surface area contributed by atoms with E-state index < -0.39 is 6.04 Å². The van der Waals surface area contributed by atoms with Gasteiger partial charge in [0.2, 0.25) is 5.91 Å². The number of carbonyl (C=O) groups excluding carboxylic acids is 2. The van der Waals surface area contributed by atoms with Crippen molar-refractivity contribution < 1.29 is 14.3 Å². The van der Waals surface area contributed by atoms with E-state index in [9.17, 15) is 9.59 Å². The summed E-state index contributed by atoms with van der Waals surface area (Å²) >= 11 is 1.63. The first-order valence-corrected chi connectivity index (χ1v) is 10.8. The number of ether oxygens (including phenoxy) is 1. The molecule has 5 nitrogen and oxygen atoms in total. The van der Waals surface area contributed by atoms with Gasteiger partial charge in [-0.1, -0.05) is 44.2 Å². The molecule has 2 amide bonds. The maximum Gasteiger partial charge on any atom is 0.258 e. The van der Waals surface area contributed by atoms with Crippen molar-refractivity contribution in [3.8, 4) is 5.75 Å². The van der Waals surface area contributed by atoms with Crippen molar-refractivity contribution in [2.45, 2.75) is 32.2 Å². The van der Waals surface area contributed by atoms with E-state index in [-0.39, 0.29) is 18.4 Å². The largest absolute Gasteiger partial charge is 0.484 e. The number of benzene rings is 2. The van der Waals surface area contributed by atoms with Gasteiger partial charge in [-0.25, -0.2) is 0 Å². The summed E-state index contributed by atoms with van der Waals surface area (Å²) in [5.74, 6) is 1.22. The highest BCUT2D eigenvalue weighted by Crippen LogP contribution is 2.19. The van der Waals surface area contributed by atoms with Gasteiger partial charge in [0.1, 0.15) is 11.8 Å². The van der Waals surface area contributed by atoms with E-state index in [1.807, 2.05) is 48.7 Å². The molecule has 150 valence electrons. The Hall–Kier alpha value is -2.47. The van der Waals surface area contributed by atoms with Gasteiger partial charge in [-0.15, -0.1) is 0 Å². The van der Waals surface area contributed by atoms with E-state index in [0.717, 1.165) is 17.0 Å². The number of nitrogens with one attached hydrogen (secondary N) is 2. The third-order valence-electron chi connectivity index (χ3n) is 4.20. The zero-order valence-corrected chi connectivity index (χ0v) is 17.4. The Morgan fingerprint density at radius 2 is 1.82 bits per heavy atom. The SMILES string of the molecule is CSCCC(NC(=O)COc1ccccc1)C(=O)Nc1cccc(C(C)C)c1. The average Bonchev–Trinajstić information content (AvgIpc) is 2.70. The molecule has 28 heavy (non-hydrogen) atoms. The van der Waals surface area contributed by atoms with Crippen LogP contribution in [0.25, 0.3) is 0 Å². The van der Waals surface area contributed by atoms with Crippen LogP contribution < -0.4 is 15.4 Å². The molecule has 0 spiro atoms. The zero-order chi connectivity index (χ0) is 20.4. The molecule has 0 heterocycles. The van der Waals surface area contributed by atoms with Crippen LogP contribution in [0.4, 0.5) is 5.69 Å². The molecular weight excluding hydrogens is 372 g/mol. The highest BCUT2D eigenvalue weighted by Gasteiger charge is 2.21. The number of hydrogen-bond acceptors (Lipinski definition) is 4. The molecule has 2 N–H and O–H groups in total. The number of rotatable bonds is 10. The summed E-state index contributed by atoms with van der Waals surface area (Å²) in [5.41, 5.74) is 1.89. The summed E-state index contributed by atoms with van der Waals surface area (Å²) in [4.78, 5) is 25.0.